The Morgan fingerprint density at radius 1 is 1.03 bits per heavy atom. The van der Waals surface area contributed by atoms with Gasteiger partial charge in [0, 0.05) is 70.0 Å². The van der Waals surface area contributed by atoms with E-state index in [-0.39, 0.29) is 10.8 Å². The van der Waals surface area contributed by atoms with Crippen LogP contribution >= 0.6 is 27.5 Å². The van der Waals surface area contributed by atoms with Gasteiger partial charge < -0.3 is 14.2 Å². The summed E-state index contributed by atoms with van der Waals surface area (Å²) in [7, 11) is -2.01. The molecule has 2 aliphatic rings. The summed E-state index contributed by atoms with van der Waals surface area (Å²) in [6.45, 7) is 1.98. The number of hydrogen-bond acceptors (Lipinski definition) is 4. The van der Waals surface area contributed by atoms with E-state index in [1.807, 2.05) is 54.7 Å². The first-order valence-electron chi connectivity index (χ1n) is 12.5. The van der Waals surface area contributed by atoms with Crippen LogP contribution in [-0.4, -0.2) is 56.5 Å². The maximum Gasteiger partial charge on any atom is 0.258 e. The molecule has 0 unspecified atom stereocenters. The van der Waals surface area contributed by atoms with Gasteiger partial charge >= 0.3 is 0 Å². The van der Waals surface area contributed by atoms with Gasteiger partial charge in [-0.2, -0.15) is 4.31 Å². The minimum Gasteiger partial charge on any atom is -0.379 e. The maximum atomic E-state index is 13.4. The van der Waals surface area contributed by atoms with Crippen molar-refractivity contribution in [3.63, 3.8) is 0 Å². The predicted octanol–water partition coefficient (Wildman–Crippen LogP) is 5.64. The highest BCUT2D eigenvalue weighted by atomic mass is 79.9. The summed E-state index contributed by atoms with van der Waals surface area (Å²) in [5.41, 5.74) is 4.72. The number of amides is 1. The summed E-state index contributed by atoms with van der Waals surface area (Å²) in [4.78, 5) is 15.2. The lowest BCUT2D eigenvalue weighted by molar-refractivity contribution is -0.112. The van der Waals surface area contributed by atoms with Crippen LogP contribution in [0.15, 0.2) is 76.2 Å². The molecule has 39 heavy (non-hydrogen) atoms. The summed E-state index contributed by atoms with van der Waals surface area (Å²) in [5.74, 6) is -0.181. The monoisotopic (exact) mass is 625 g/mol. The molecular weight excluding hydrogens is 602 g/mol. The van der Waals surface area contributed by atoms with Crippen molar-refractivity contribution in [3.05, 3.63) is 93.0 Å². The first kappa shape index (κ1) is 26.3. The third kappa shape index (κ3) is 4.83. The number of benzene rings is 3. The van der Waals surface area contributed by atoms with Gasteiger partial charge in [-0.15, -0.1) is 0 Å². The molecule has 7 nitrogen and oxygen atoms in total. The molecule has 200 valence electrons. The van der Waals surface area contributed by atoms with Crippen LogP contribution < -0.4 is 4.90 Å². The second-order valence-corrected chi connectivity index (χ2v) is 12.9. The molecule has 1 amide bonds. The van der Waals surface area contributed by atoms with E-state index in [1.165, 1.54) is 4.31 Å². The molecule has 6 rings (SSSR count). The van der Waals surface area contributed by atoms with Gasteiger partial charge in [-0.3, -0.25) is 4.79 Å². The number of aromatic nitrogens is 1. The minimum absolute atomic E-state index is 0.171. The molecule has 1 aromatic heterocycles. The van der Waals surface area contributed by atoms with E-state index in [0.717, 1.165) is 26.5 Å². The van der Waals surface area contributed by atoms with E-state index in [9.17, 15) is 13.2 Å². The van der Waals surface area contributed by atoms with Crippen molar-refractivity contribution in [1.29, 1.82) is 0 Å². The fraction of sp³-hybridized carbons (Fsp3) is 0.207. The van der Waals surface area contributed by atoms with Crippen molar-refractivity contribution in [2.24, 2.45) is 0 Å². The molecule has 0 atom stereocenters. The van der Waals surface area contributed by atoms with E-state index in [2.05, 4.69) is 20.5 Å². The second-order valence-electron chi connectivity index (χ2n) is 9.62. The number of halogens is 2. The Labute approximate surface area is 240 Å². The molecule has 1 fully saturated rings. The zero-order chi connectivity index (χ0) is 27.3. The maximum absolute atomic E-state index is 13.4. The van der Waals surface area contributed by atoms with Crippen LogP contribution in [0.4, 0.5) is 5.69 Å². The zero-order valence-corrected chi connectivity index (χ0v) is 24.3. The quantitative estimate of drug-likeness (QED) is 0.269. The number of likely N-dealkylation sites (N-methyl/N-ethyl adjacent to an activating group) is 1. The molecule has 3 heterocycles. The predicted molar refractivity (Wildman–Crippen MR) is 157 cm³/mol. The summed E-state index contributed by atoms with van der Waals surface area (Å²) in [6, 6.07) is 18.7. The Morgan fingerprint density at radius 3 is 2.51 bits per heavy atom. The number of carbonyl (C=O) groups excluding carboxylic acids is 1. The minimum atomic E-state index is -3.71. The van der Waals surface area contributed by atoms with Gasteiger partial charge in [0.05, 0.1) is 23.8 Å². The number of ether oxygens (including phenoxy) is 1. The van der Waals surface area contributed by atoms with Crippen LogP contribution in [0.5, 0.6) is 0 Å². The molecule has 0 spiro atoms. The van der Waals surface area contributed by atoms with Crippen LogP contribution in [0.25, 0.3) is 22.6 Å². The van der Waals surface area contributed by atoms with Crippen LogP contribution in [0.1, 0.15) is 16.7 Å². The van der Waals surface area contributed by atoms with Crippen molar-refractivity contribution >= 4 is 71.7 Å². The fourth-order valence-electron chi connectivity index (χ4n) is 5.15. The molecule has 0 N–H and O–H groups in total. The van der Waals surface area contributed by atoms with Gasteiger partial charge in [0.15, 0.2) is 0 Å². The van der Waals surface area contributed by atoms with Gasteiger partial charge in [0.2, 0.25) is 10.0 Å². The molecule has 0 radical (unpaired) electrons. The molecule has 0 aliphatic carbocycles. The molecule has 0 saturated carbocycles. The Kier molecular flexibility index (Phi) is 6.89. The number of carbonyl (C=O) groups is 1. The van der Waals surface area contributed by atoms with Gasteiger partial charge in [-0.05, 0) is 60.2 Å². The number of rotatable bonds is 5. The molecule has 0 bridgehead atoms. The Bertz CT molecular complexity index is 1740. The normalized spacial score (nSPS) is 17.4. The van der Waals surface area contributed by atoms with Crippen molar-refractivity contribution in [2.75, 3.05) is 38.3 Å². The van der Waals surface area contributed by atoms with Crippen molar-refractivity contribution in [2.45, 2.75) is 11.4 Å². The van der Waals surface area contributed by atoms with E-state index in [4.69, 9.17) is 16.3 Å². The van der Waals surface area contributed by atoms with E-state index in [0.29, 0.717) is 54.7 Å². The molecule has 1 saturated heterocycles. The number of fused-ring (bicyclic) bond motifs is 2. The third-order valence-corrected chi connectivity index (χ3v) is 9.84. The number of morpholine rings is 1. The largest absolute Gasteiger partial charge is 0.379 e. The van der Waals surface area contributed by atoms with E-state index >= 15 is 0 Å². The highest BCUT2D eigenvalue weighted by Crippen LogP contribution is 2.40. The standard InChI is InChI=1S/C29H25BrClN3O4S/c1-32-27-9-7-23(39(36,37)34-10-12-38-13-11-34)16-25(27)26(29(32)35)14-20-18-33(17-19-2-5-22(31)6-3-19)28-8-4-21(30)15-24(20)28/h2-9,14-16,18H,10-13,17H2,1H3/b26-14-. The molecule has 4 aromatic rings. The zero-order valence-electron chi connectivity index (χ0n) is 21.1. The Hall–Kier alpha value is -2.95. The Morgan fingerprint density at radius 2 is 1.77 bits per heavy atom. The third-order valence-electron chi connectivity index (χ3n) is 7.20. The lowest BCUT2D eigenvalue weighted by Crippen LogP contribution is -2.40. The summed E-state index contributed by atoms with van der Waals surface area (Å²) in [5, 5.41) is 1.66. The Balaban J connectivity index is 1.45. The first-order chi connectivity index (χ1) is 18.7. The van der Waals surface area contributed by atoms with Crippen molar-refractivity contribution < 1.29 is 17.9 Å². The number of hydrogen-bond donors (Lipinski definition) is 0. The van der Waals surface area contributed by atoms with Crippen LogP contribution in [-0.2, 0) is 26.1 Å². The van der Waals surface area contributed by atoms with Crippen molar-refractivity contribution in [1.82, 2.24) is 8.87 Å². The van der Waals surface area contributed by atoms with Crippen LogP contribution in [0.3, 0.4) is 0 Å². The average molecular weight is 627 g/mol. The van der Waals surface area contributed by atoms with Crippen LogP contribution in [0, 0.1) is 0 Å². The fourth-order valence-corrected chi connectivity index (χ4v) is 7.07. The van der Waals surface area contributed by atoms with Gasteiger partial charge in [0.1, 0.15) is 0 Å². The molecule has 3 aromatic carbocycles. The first-order valence-corrected chi connectivity index (χ1v) is 15.1. The van der Waals surface area contributed by atoms with Crippen molar-refractivity contribution in [3.8, 4) is 0 Å². The van der Waals surface area contributed by atoms with E-state index < -0.39 is 10.0 Å². The van der Waals surface area contributed by atoms with Gasteiger partial charge in [-0.1, -0.05) is 39.7 Å². The average Bonchev–Trinajstić information content (AvgIpc) is 3.39. The number of anilines is 1. The summed E-state index contributed by atoms with van der Waals surface area (Å²) >= 11 is 9.65. The van der Waals surface area contributed by atoms with E-state index in [1.54, 1.807) is 30.1 Å². The molecular formula is C29H25BrClN3O4S. The number of sulfonamides is 1. The highest BCUT2D eigenvalue weighted by Gasteiger charge is 2.33. The lowest BCUT2D eigenvalue weighted by atomic mass is 10.0. The topological polar surface area (TPSA) is 71.9 Å². The smallest absolute Gasteiger partial charge is 0.258 e. The van der Waals surface area contributed by atoms with Crippen LogP contribution in [0.2, 0.25) is 5.02 Å². The molecule has 2 aliphatic heterocycles. The summed E-state index contributed by atoms with van der Waals surface area (Å²) < 4.78 is 36.5. The summed E-state index contributed by atoms with van der Waals surface area (Å²) in [6.07, 6.45) is 3.89. The molecule has 10 heteroatoms. The second kappa shape index (κ2) is 10.2. The van der Waals surface area contributed by atoms with Gasteiger partial charge in [0.25, 0.3) is 5.91 Å². The SMILES string of the molecule is CN1C(=O)/C(=C\c2cn(Cc3ccc(Cl)cc3)c3ccc(Br)cc23)c2cc(S(=O)(=O)N3CCOCC3)ccc21. The lowest BCUT2D eigenvalue weighted by Gasteiger charge is -2.26. The highest BCUT2D eigenvalue weighted by molar-refractivity contribution is 9.10. The number of nitrogens with zero attached hydrogens (tertiary/aromatic N) is 3. The van der Waals surface area contributed by atoms with Gasteiger partial charge in [-0.25, -0.2) is 8.42 Å².